The zero-order valence-corrected chi connectivity index (χ0v) is 12.3. The number of thiophene rings is 1. The van der Waals surface area contributed by atoms with Gasteiger partial charge >= 0.3 is 5.97 Å². The summed E-state index contributed by atoms with van der Waals surface area (Å²) in [6, 6.07) is 0. The minimum atomic E-state index is -3.67. The number of methoxy groups -OCH3 is 1. The first kappa shape index (κ1) is 14.4. The van der Waals surface area contributed by atoms with Crippen molar-refractivity contribution >= 4 is 27.3 Å². The molecule has 0 aromatic carbocycles. The molecule has 8 heteroatoms. The lowest BCUT2D eigenvalue weighted by atomic mass is 10.3. The first-order chi connectivity index (χ1) is 8.98. The third-order valence-corrected chi connectivity index (χ3v) is 6.15. The molecule has 0 unspecified atom stereocenters. The number of morpholine rings is 1. The molecule has 0 bridgehead atoms. The number of carbonyl (C=O) groups excluding carboxylic acids is 1. The van der Waals surface area contributed by atoms with Crippen molar-refractivity contribution < 1.29 is 22.7 Å². The van der Waals surface area contributed by atoms with Crippen molar-refractivity contribution in [2.75, 3.05) is 33.4 Å². The zero-order valence-electron chi connectivity index (χ0n) is 10.7. The van der Waals surface area contributed by atoms with E-state index in [1.54, 1.807) is 12.3 Å². The van der Waals surface area contributed by atoms with Gasteiger partial charge in [-0.05, 0) is 17.9 Å². The number of sulfonamides is 1. The first-order valence-corrected chi connectivity index (χ1v) is 8.04. The van der Waals surface area contributed by atoms with Gasteiger partial charge in [-0.2, -0.15) is 4.31 Å². The predicted octanol–water partition coefficient (Wildman–Crippen LogP) is 0.864. The van der Waals surface area contributed by atoms with E-state index in [4.69, 9.17) is 4.74 Å². The van der Waals surface area contributed by atoms with Crippen LogP contribution >= 0.6 is 11.3 Å². The lowest BCUT2D eigenvalue weighted by molar-refractivity contribution is 0.0601. The maximum Gasteiger partial charge on any atom is 0.349 e. The number of nitrogens with zero attached hydrogens (tertiary/aromatic N) is 1. The summed E-state index contributed by atoms with van der Waals surface area (Å²) >= 11 is 1.09. The minimum Gasteiger partial charge on any atom is -0.465 e. The van der Waals surface area contributed by atoms with Crippen molar-refractivity contribution in [2.24, 2.45) is 0 Å². The Morgan fingerprint density at radius 3 is 2.63 bits per heavy atom. The normalized spacial score (nSPS) is 17.4. The Balaban J connectivity index is 2.45. The molecule has 6 nitrogen and oxygen atoms in total. The highest BCUT2D eigenvalue weighted by Gasteiger charge is 2.33. The predicted molar refractivity (Wildman–Crippen MR) is 70.0 cm³/mol. The van der Waals surface area contributed by atoms with E-state index in [0.29, 0.717) is 31.9 Å². The molecule has 106 valence electrons. The lowest BCUT2D eigenvalue weighted by Crippen LogP contribution is -2.41. The van der Waals surface area contributed by atoms with Crippen molar-refractivity contribution in [3.05, 3.63) is 15.8 Å². The highest BCUT2D eigenvalue weighted by Crippen LogP contribution is 2.30. The van der Waals surface area contributed by atoms with Gasteiger partial charge in [-0.25, -0.2) is 13.2 Å². The summed E-state index contributed by atoms with van der Waals surface area (Å²) < 4.78 is 36.3. The van der Waals surface area contributed by atoms with Crippen molar-refractivity contribution in [3.63, 3.8) is 0 Å². The molecule has 1 aromatic rings. The molecule has 1 aliphatic rings. The number of esters is 1. The van der Waals surface area contributed by atoms with Crippen LogP contribution in [0.4, 0.5) is 0 Å². The van der Waals surface area contributed by atoms with Gasteiger partial charge in [0.25, 0.3) is 0 Å². The third-order valence-electron chi connectivity index (χ3n) is 2.86. The Labute approximate surface area is 116 Å². The van der Waals surface area contributed by atoms with Crippen LogP contribution in [-0.4, -0.2) is 52.1 Å². The SMILES string of the molecule is COC(=O)c1scc(C)c1S(=O)(=O)N1CCOCC1. The molecule has 0 atom stereocenters. The van der Waals surface area contributed by atoms with Gasteiger partial charge in [-0.3, -0.25) is 0 Å². The Morgan fingerprint density at radius 1 is 1.42 bits per heavy atom. The highest BCUT2D eigenvalue weighted by atomic mass is 32.2. The monoisotopic (exact) mass is 305 g/mol. The van der Waals surface area contributed by atoms with E-state index in [1.165, 1.54) is 11.4 Å². The molecule has 0 radical (unpaired) electrons. The van der Waals surface area contributed by atoms with Crippen LogP contribution in [-0.2, 0) is 19.5 Å². The molecule has 0 saturated carbocycles. The smallest absolute Gasteiger partial charge is 0.349 e. The molecule has 1 fully saturated rings. The van der Waals surface area contributed by atoms with Crippen LogP contribution in [0.5, 0.6) is 0 Å². The largest absolute Gasteiger partial charge is 0.465 e. The number of hydrogen-bond acceptors (Lipinski definition) is 6. The number of aryl methyl sites for hydroxylation is 1. The van der Waals surface area contributed by atoms with Gasteiger partial charge < -0.3 is 9.47 Å². The second-order valence-electron chi connectivity index (χ2n) is 4.09. The second-order valence-corrected chi connectivity index (χ2v) is 6.84. The minimum absolute atomic E-state index is 0.0613. The maximum absolute atomic E-state index is 12.6. The molecular formula is C11H15NO5S2. The molecule has 1 aromatic heterocycles. The van der Waals surface area contributed by atoms with E-state index in [9.17, 15) is 13.2 Å². The topological polar surface area (TPSA) is 72.9 Å². The van der Waals surface area contributed by atoms with Crippen molar-refractivity contribution in [2.45, 2.75) is 11.8 Å². The lowest BCUT2D eigenvalue weighted by Gasteiger charge is -2.26. The summed E-state index contributed by atoms with van der Waals surface area (Å²) in [5.74, 6) is -0.620. The average molecular weight is 305 g/mol. The summed E-state index contributed by atoms with van der Waals surface area (Å²) in [5, 5.41) is 1.65. The molecular weight excluding hydrogens is 290 g/mol. The van der Waals surface area contributed by atoms with Crippen molar-refractivity contribution in [3.8, 4) is 0 Å². The molecule has 2 heterocycles. The van der Waals surface area contributed by atoms with Crippen LogP contribution in [0, 0.1) is 6.92 Å². The van der Waals surface area contributed by atoms with Crippen LogP contribution in [0.25, 0.3) is 0 Å². The number of rotatable bonds is 3. The molecule has 19 heavy (non-hydrogen) atoms. The summed E-state index contributed by atoms with van der Waals surface area (Å²) in [4.78, 5) is 11.8. The Morgan fingerprint density at radius 2 is 2.05 bits per heavy atom. The number of ether oxygens (including phenoxy) is 2. The van der Waals surface area contributed by atoms with Crippen molar-refractivity contribution in [1.82, 2.24) is 4.31 Å². The van der Waals surface area contributed by atoms with Crippen LogP contribution in [0.15, 0.2) is 10.3 Å². The number of hydrogen-bond donors (Lipinski definition) is 0. The second kappa shape index (κ2) is 5.58. The Hall–Kier alpha value is -0.960. The summed E-state index contributed by atoms with van der Waals surface area (Å²) in [6.45, 7) is 3.03. The van der Waals surface area contributed by atoms with Gasteiger partial charge in [0.05, 0.1) is 20.3 Å². The van der Waals surface area contributed by atoms with Crippen LogP contribution < -0.4 is 0 Å². The van der Waals surface area contributed by atoms with Gasteiger partial charge in [-0.1, -0.05) is 0 Å². The van der Waals surface area contributed by atoms with Gasteiger partial charge in [0.2, 0.25) is 10.0 Å². The van der Waals surface area contributed by atoms with E-state index < -0.39 is 16.0 Å². The maximum atomic E-state index is 12.6. The highest BCUT2D eigenvalue weighted by molar-refractivity contribution is 7.89. The fraction of sp³-hybridized carbons (Fsp3) is 0.545. The fourth-order valence-corrected chi connectivity index (χ4v) is 4.97. The quantitative estimate of drug-likeness (QED) is 0.775. The van der Waals surface area contributed by atoms with E-state index >= 15 is 0 Å². The van der Waals surface area contributed by atoms with Crippen LogP contribution in [0.2, 0.25) is 0 Å². The molecule has 1 aliphatic heterocycles. The van der Waals surface area contributed by atoms with E-state index in [0.717, 1.165) is 11.3 Å². The van der Waals surface area contributed by atoms with E-state index in [2.05, 4.69) is 4.74 Å². The standard InChI is InChI=1S/C11H15NO5S2/c1-8-7-18-9(11(13)16-2)10(8)19(14,15)12-3-5-17-6-4-12/h7H,3-6H2,1-2H3. The average Bonchev–Trinajstić information content (AvgIpc) is 2.81. The number of carbonyl (C=O) groups is 1. The van der Waals surface area contributed by atoms with Gasteiger partial charge in [0.1, 0.15) is 9.77 Å². The molecule has 0 spiro atoms. The molecule has 0 amide bonds. The fourth-order valence-electron chi connectivity index (χ4n) is 1.90. The molecule has 1 saturated heterocycles. The summed E-state index contributed by atoms with van der Waals surface area (Å²) in [7, 11) is -2.43. The van der Waals surface area contributed by atoms with E-state index in [-0.39, 0.29) is 9.77 Å². The van der Waals surface area contributed by atoms with Gasteiger partial charge in [0.15, 0.2) is 0 Å². The van der Waals surface area contributed by atoms with Crippen molar-refractivity contribution in [1.29, 1.82) is 0 Å². The molecule has 2 rings (SSSR count). The van der Waals surface area contributed by atoms with Crippen LogP contribution in [0.1, 0.15) is 15.2 Å². The molecule has 0 N–H and O–H groups in total. The molecule has 0 aliphatic carbocycles. The van der Waals surface area contributed by atoms with Gasteiger partial charge in [-0.15, -0.1) is 11.3 Å². The van der Waals surface area contributed by atoms with Crippen LogP contribution in [0.3, 0.4) is 0 Å². The first-order valence-electron chi connectivity index (χ1n) is 5.72. The van der Waals surface area contributed by atoms with Gasteiger partial charge in [0, 0.05) is 13.1 Å². The Kier molecular flexibility index (Phi) is 4.24. The third kappa shape index (κ3) is 2.66. The zero-order chi connectivity index (χ0) is 14.0. The summed E-state index contributed by atoms with van der Waals surface area (Å²) in [6.07, 6.45) is 0. The summed E-state index contributed by atoms with van der Waals surface area (Å²) in [5.41, 5.74) is 0.567. The van der Waals surface area contributed by atoms with E-state index in [1.807, 2.05) is 0 Å². The Bertz CT molecular complexity index is 572.